The second-order valence-electron chi connectivity index (χ2n) is 9.74. The maximum atomic E-state index is 13.6. The third-order valence-corrected chi connectivity index (χ3v) is 7.26. The molecule has 1 saturated heterocycles. The van der Waals surface area contributed by atoms with Crippen LogP contribution in [0.2, 0.25) is 0 Å². The Bertz CT molecular complexity index is 1370. The molecule has 204 valence electrons. The van der Waals surface area contributed by atoms with E-state index in [1.165, 1.54) is 4.90 Å². The molecule has 0 saturated carbocycles. The summed E-state index contributed by atoms with van der Waals surface area (Å²) in [5.41, 5.74) is 3.67. The third-order valence-electron chi connectivity index (χ3n) is 7.26. The lowest BCUT2D eigenvalue weighted by molar-refractivity contribution is -0.132. The van der Waals surface area contributed by atoms with Crippen LogP contribution in [0, 0.1) is 0 Å². The van der Waals surface area contributed by atoms with Crippen LogP contribution in [0.3, 0.4) is 0 Å². The number of rotatable bonds is 9. The molecule has 7 nitrogen and oxygen atoms in total. The molecule has 0 bridgehead atoms. The van der Waals surface area contributed by atoms with E-state index in [1.807, 2.05) is 56.3 Å². The molecular formula is C32H36N2O5. The number of hydrogen-bond donors (Lipinski definition) is 1. The van der Waals surface area contributed by atoms with Gasteiger partial charge in [0.05, 0.1) is 25.8 Å². The van der Waals surface area contributed by atoms with Crippen LogP contribution in [-0.4, -0.2) is 44.1 Å². The van der Waals surface area contributed by atoms with Gasteiger partial charge in [-0.25, -0.2) is 0 Å². The van der Waals surface area contributed by atoms with Crippen molar-refractivity contribution < 1.29 is 24.2 Å². The molecule has 0 aromatic heterocycles. The van der Waals surface area contributed by atoms with E-state index in [2.05, 4.69) is 18.7 Å². The van der Waals surface area contributed by atoms with Gasteiger partial charge in [-0.05, 0) is 85.5 Å². The van der Waals surface area contributed by atoms with E-state index in [0.717, 1.165) is 24.3 Å². The highest BCUT2D eigenvalue weighted by Crippen LogP contribution is 2.43. The van der Waals surface area contributed by atoms with Crippen LogP contribution in [0.25, 0.3) is 5.76 Å². The Morgan fingerprint density at radius 1 is 0.923 bits per heavy atom. The molecule has 1 heterocycles. The number of aliphatic hydroxyl groups is 1. The topological polar surface area (TPSA) is 79.3 Å². The molecule has 3 aromatic carbocycles. The lowest BCUT2D eigenvalue weighted by atomic mass is 9.93. The van der Waals surface area contributed by atoms with Crippen LogP contribution >= 0.6 is 0 Å². The van der Waals surface area contributed by atoms with E-state index < -0.39 is 17.7 Å². The summed E-state index contributed by atoms with van der Waals surface area (Å²) in [5.74, 6) is -0.176. The molecule has 1 aliphatic rings. The molecule has 0 aliphatic carbocycles. The van der Waals surface area contributed by atoms with Gasteiger partial charge in [0.15, 0.2) is 0 Å². The Kier molecular flexibility index (Phi) is 8.29. The standard InChI is InChI=1S/C32H36N2O5/c1-7-33(8-2)23-12-14-24(15-13-23)34-29(21-9-16-25(38-5)17-10-21)28(31(36)32(34)37)30(35)22-11-18-27(39-6)26(19-22)20(3)4/h9-20,29,35H,7-8H2,1-6H3/b30-28-. The predicted octanol–water partition coefficient (Wildman–Crippen LogP) is 6.30. The summed E-state index contributed by atoms with van der Waals surface area (Å²) in [6.45, 7) is 9.94. The second-order valence-corrected chi connectivity index (χ2v) is 9.74. The predicted molar refractivity (Wildman–Crippen MR) is 155 cm³/mol. The van der Waals surface area contributed by atoms with Gasteiger partial charge in [-0.15, -0.1) is 0 Å². The fraction of sp³-hybridized carbons (Fsp3) is 0.312. The number of carbonyl (C=O) groups is 2. The number of ketones is 1. The van der Waals surface area contributed by atoms with Crippen LogP contribution in [0.5, 0.6) is 11.5 Å². The fourth-order valence-electron chi connectivity index (χ4n) is 5.10. The van der Waals surface area contributed by atoms with Crippen molar-refractivity contribution in [2.45, 2.75) is 39.7 Å². The van der Waals surface area contributed by atoms with E-state index in [1.54, 1.807) is 38.5 Å². The Balaban J connectivity index is 1.89. The van der Waals surface area contributed by atoms with Gasteiger partial charge in [0.1, 0.15) is 17.3 Å². The molecule has 39 heavy (non-hydrogen) atoms. The summed E-state index contributed by atoms with van der Waals surface area (Å²) < 4.78 is 10.8. The van der Waals surface area contributed by atoms with Crippen molar-refractivity contribution in [1.29, 1.82) is 0 Å². The molecule has 1 unspecified atom stereocenters. The van der Waals surface area contributed by atoms with Gasteiger partial charge in [-0.1, -0.05) is 26.0 Å². The Morgan fingerprint density at radius 3 is 2.10 bits per heavy atom. The molecule has 7 heteroatoms. The van der Waals surface area contributed by atoms with Crippen molar-refractivity contribution in [2.75, 3.05) is 37.1 Å². The summed E-state index contributed by atoms with van der Waals surface area (Å²) in [7, 11) is 3.18. The summed E-state index contributed by atoms with van der Waals surface area (Å²) in [6, 6.07) is 19.3. The van der Waals surface area contributed by atoms with E-state index in [-0.39, 0.29) is 17.3 Å². The third kappa shape index (κ3) is 5.21. The summed E-state index contributed by atoms with van der Waals surface area (Å²) in [6.07, 6.45) is 0. The summed E-state index contributed by atoms with van der Waals surface area (Å²) in [4.78, 5) is 30.8. The maximum absolute atomic E-state index is 13.6. The van der Waals surface area contributed by atoms with E-state index in [4.69, 9.17) is 9.47 Å². The molecule has 0 radical (unpaired) electrons. The number of benzene rings is 3. The number of Topliss-reactive ketones (excluding diaryl/α,β-unsaturated/α-hetero) is 1. The molecule has 3 aromatic rings. The first-order valence-corrected chi connectivity index (χ1v) is 13.2. The van der Waals surface area contributed by atoms with Crippen molar-refractivity contribution in [3.63, 3.8) is 0 Å². The first-order valence-electron chi connectivity index (χ1n) is 13.2. The zero-order valence-electron chi connectivity index (χ0n) is 23.4. The normalized spacial score (nSPS) is 16.6. The zero-order valence-corrected chi connectivity index (χ0v) is 23.4. The van der Waals surface area contributed by atoms with Crippen molar-refractivity contribution in [1.82, 2.24) is 0 Å². The average Bonchev–Trinajstić information content (AvgIpc) is 3.23. The van der Waals surface area contributed by atoms with Gasteiger partial charge in [-0.2, -0.15) is 0 Å². The molecule has 4 rings (SSSR count). The van der Waals surface area contributed by atoms with Gasteiger partial charge in [-0.3, -0.25) is 14.5 Å². The second kappa shape index (κ2) is 11.6. The lowest BCUT2D eigenvalue weighted by Crippen LogP contribution is -2.29. The van der Waals surface area contributed by atoms with E-state index in [9.17, 15) is 14.7 Å². The quantitative estimate of drug-likeness (QED) is 0.200. The van der Waals surface area contributed by atoms with Gasteiger partial charge >= 0.3 is 0 Å². The molecule has 1 amide bonds. The molecule has 1 atom stereocenters. The first kappa shape index (κ1) is 27.8. The van der Waals surface area contributed by atoms with Crippen LogP contribution in [0.15, 0.2) is 72.3 Å². The minimum Gasteiger partial charge on any atom is -0.507 e. The average molecular weight is 529 g/mol. The number of hydrogen-bond acceptors (Lipinski definition) is 6. The number of methoxy groups -OCH3 is 2. The van der Waals surface area contributed by atoms with E-state index in [0.29, 0.717) is 28.3 Å². The largest absolute Gasteiger partial charge is 0.507 e. The number of amides is 1. The molecule has 0 spiro atoms. The highest BCUT2D eigenvalue weighted by Gasteiger charge is 2.47. The molecule has 1 N–H and O–H groups in total. The number of nitrogens with zero attached hydrogens (tertiary/aromatic N) is 2. The smallest absolute Gasteiger partial charge is 0.300 e. The monoisotopic (exact) mass is 528 g/mol. The number of ether oxygens (including phenoxy) is 2. The fourth-order valence-corrected chi connectivity index (χ4v) is 5.10. The highest BCUT2D eigenvalue weighted by molar-refractivity contribution is 6.51. The van der Waals surface area contributed by atoms with Crippen molar-refractivity contribution in [3.8, 4) is 11.5 Å². The number of aliphatic hydroxyl groups excluding tert-OH is 1. The summed E-state index contributed by atoms with van der Waals surface area (Å²) >= 11 is 0. The van der Waals surface area contributed by atoms with Crippen molar-refractivity contribution in [3.05, 3.63) is 89.0 Å². The van der Waals surface area contributed by atoms with Gasteiger partial charge < -0.3 is 19.5 Å². The van der Waals surface area contributed by atoms with Gasteiger partial charge in [0.2, 0.25) is 0 Å². The van der Waals surface area contributed by atoms with Crippen LogP contribution in [0.4, 0.5) is 11.4 Å². The van der Waals surface area contributed by atoms with Crippen molar-refractivity contribution in [2.24, 2.45) is 0 Å². The number of anilines is 2. The lowest BCUT2D eigenvalue weighted by Gasteiger charge is -2.27. The SMILES string of the molecule is CCN(CC)c1ccc(N2C(=O)C(=O)/C(=C(\O)c3ccc(OC)c(C(C)C)c3)C2c2ccc(OC)cc2)cc1. The van der Waals surface area contributed by atoms with Crippen LogP contribution < -0.4 is 19.3 Å². The zero-order chi connectivity index (χ0) is 28.3. The van der Waals surface area contributed by atoms with Crippen LogP contribution in [0.1, 0.15) is 56.3 Å². The van der Waals surface area contributed by atoms with Crippen LogP contribution in [-0.2, 0) is 9.59 Å². The van der Waals surface area contributed by atoms with Gasteiger partial charge in [0, 0.05) is 30.0 Å². The minimum absolute atomic E-state index is 0.0397. The maximum Gasteiger partial charge on any atom is 0.300 e. The number of carbonyl (C=O) groups excluding carboxylic acids is 2. The Labute approximate surface area is 230 Å². The molecule has 1 fully saturated rings. The van der Waals surface area contributed by atoms with Gasteiger partial charge in [0.25, 0.3) is 11.7 Å². The van der Waals surface area contributed by atoms with E-state index >= 15 is 0 Å². The minimum atomic E-state index is -0.820. The van der Waals surface area contributed by atoms with Crippen molar-refractivity contribution >= 4 is 28.8 Å². The molecular weight excluding hydrogens is 492 g/mol. The Hall–Kier alpha value is -4.26. The first-order chi connectivity index (χ1) is 18.7. The Morgan fingerprint density at radius 2 is 1.56 bits per heavy atom. The summed E-state index contributed by atoms with van der Waals surface area (Å²) in [5, 5.41) is 11.6. The highest BCUT2D eigenvalue weighted by atomic mass is 16.5. The molecule has 1 aliphatic heterocycles.